The van der Waals surface area contributed by atoms with Gasteiger partial charge in [0, 0.05) is 44.8 Å². The van der Waals surface area contributed by atoms with E-state index in [0.717, 1.165) is 18.5 Å². The Kier molecular flexibility index (Phi) is 5.21. The third-order valence-electron chi connectivity index (χ3n) is 3.99. The van der Waals surface area contributed by atoms with Gasteiger partial charge in [-0.25, -0.2) is 4.98 Å². The number of anilines is 1. The summed E-state index contributed by atoms with van der Waals surface area (Å²) < 4.78 is 0. The average Bonchev–Trinajstić information content (AvgIpc) is 2.80. The average molecular weight is 365 g/mol. The summed E-state index contributed by atoms with van der Waals surface area (Å²) in [5, 5.41) is 1.05. The van der Waals surface area contributed by atoms with E-state index in [1.54, 1.807) is 24.7 Å². The highest BCUT2D eigenvalue weighted by Gasteiger charge is 2.22. The maximum absolute atomic E-state index is 12.7. The molecule has 2 aromatic heterocycles. The first kappa shape index (κ1) is 17.0. The van der Waals surface area contributed by atoms with Crippen molar-refractivity contribution in [2.75, 3.05) is 31.1 Å². The number of pyridine rings is 2. The van der Waals surface area contributed by atoms with Crippen molar-refractivity contribution < 1.29 is 4.79 Å². The lowest BCUT2D eigenvalue weighted by atomic mass is 10.2. The lowest BCUT2D eigenvalue weighted by Crippen LogP contribution is -2.35. The Balaban J connectivity index is 1.72. The molecule has 0 spiro atoms. The van der Waals surface area contributed by atoms with E-state index in [1.165, 1.54) is 0 Å². The quantitative estimate of drug-likeness (QED) is 0.818. The van der Waals surface area contributed by atoms with Crippen molar-refractivity contribution in [2.45, 2.75) is 13.3 Å². The van der Waals surface area contributed by atoms with E-state index in [4.69, 9.17) is 23.2 Å². The van der Waals surface area contributed by atoms with Gasteiger partial charge in [-0.15, -0.1) is 0 Å². The van der Waals surface area contributed by atoms with Gasteiger partial charge in [0.25, 0.3) is 5.91 Å². The number of carbonyl (C=O) groups excluding carboxylic acids is 1. The highest BCUT2D eigenvalue weighted by atomic mass is 35.5. The summed E-state index contributed by atoms with van der Waals surface area (Å²) in [6, 6.07) is 3.56. The first-order valence-electron chi connectivity index (χ1n) is 7.81. The van der Waals surface area contributed by atoms with E-state index in [0.29, 0.717) is 41.1 Å². The molecular weight excluding hydrogens is 347 g/mol. The highest BCUT2D eigenvalue weighted by Crippen LogP contribution is 2.27. The fraction of sp³-hybridized carbons (Fsp3) is 0.353. The van der Waals surface area contributed by atoms with Crippen LogP contribution >= 0.6 is 23.2 Å². The number of rotatable bonds is 2. The summed E-state index contributed by atoms with van der Waals surface area (Å²) in [5.41, 5.74) is 1.61. The van der Waals surface area contributed by atoms with Gasteiger partial charge in [0.05, 0.1) is 15.6 Å². The van der Waals surface area contributed by atoms with E-state index in [9.17, 15) is 4.79 Å². The first-order chi connectivity index (χ1) is 11.5. The Labute approximate surface area is 151 Å². The summed E-state index contributed by atoms with van der Waals surface area (Å²) >= 11 is 12.2. The van der Waals surface area contributed by atoms with E-state index in [1.807, 2.05) is 17.9 Å². The molecule has 0 bridgehead atoms. The van der Waals surface area contributed by atoms with Crippen molar-refractivity contribution in [3.05, 3.63) is 51.9 Å². The number of hydrogen-bond acceptors (Lipinski definition) is 4. The second-order valence-corrected chi connectivity index (χ2v) is 6.69. The van der Waals surface area contributed by atoms with Crippen molar-refractivity contribution in [3.8, 4) is 0 Å². The number of nitrogens with zero attached hydrogens (tertiary/aromatic N) is 4. The Morgan fingerprint density at radius 3 is 2.67 bits per heavy atom. The number of hydrogen-bond donors (Lipinski definition) is 0. The lowest BCUT2D eigenvalue weighted by Gasteiger charge is -2.23. The highest BCUT2D eigenvalue weighted by molar-refractivity contribution is 6.36. The van der Waals surface area contributed by atoms with Gasteiger partial charge < -0.3 is 9.80 Å². The zero-order valence-corrected chi connectivity index (χ0v) is 14.9. The van der Waals surface area contributed by atoms with Crippen molar-refractivity contribution in [1.29, 1.82) is 0 Å². The molecule has 1 aliphatic heterocycles. The molecule has 5 nitrogen and oxygen atoms in total. The molecule has 7 heteroatoms. The van der Waals surface area contributed by atoms with E-state index < -0.39 is 0 Å². The molecule has 3 heterocycles. The molecule has 126 valence electrons. The summed E-state index contributed by atoms with van der Waals surface area (Å²) in [6.07, 6.45) is 5.81. The standard InChI is InChI=1S/C17H18Cl2N4O/c1-12-7-13(10-20-9-12)17(24)23-4-2-3-22(5-6-23)16-15(19)8-14(18)11-21-16/h7-11H,2-6H2,1H3. The van der Waals surface area contributed by atoms with E-state index >= 15 is 0 Å². The molecule has 0 aromatic carbocycles. The minimum Gasteiger partial charge on any atom is -0.354 e. The van der Waals surface area contributed by atoms with Gasteiger partial charge in [-0.2, -0.15) is 0 Å². The van der Waals surface area contributed by atoms with Crippen LogP contribution in [0.4, 0.5) is 5.82 Å². The largest absolute Gasteiger partial charge is 0.354 e. The van der Waals surface area contributed by atoms with E-state index in [-0.39, 0.29) is 5.91 Å². The van der Waals surface area contributed by atoms with Crippen LogP contribution < -0.4 is 4.90 Å². The molecule has 0 aliphatic carbocycles. The molecule has 0 saturated carbocycles. The van der Waals surface area contributed by atoms with Gasteiger partial charge in [0.15, 0.2) is 0 Å². The van der Waals surface area contributed by atoms with Gasteiger partial charge >= 0.3 is 0 Å². The molecule has 1 fully saturated rings. The fourth-order valence-electron chi connectivity index (χ4n) is 2.83. The van der Waals surface area contributed by atoms with Gasteiger partial charge in [-0.3, -0.25) is 9.78 Å². The topological polar surface area (TPSA) is 49.3 Å². The molecule has 1 saturated heterocycles. The molecule has 1 amide bonds. The van der Waals surface area contributed by atoms with Crippen LogP contribution in [0.25, 0.3) is 0 Å². The molecule has 0 N–H and O–H groups in total. The fourth-order valence-corrected chi connectivity index (χ4v) is 3.33. The number of aromatic nitrogens is 2. The molecule has 3 rings (SSSR count). The summed E-state index contributed by atoms with van der Waals surface area (Å²) in [7, 11) is 0. The van der Waals surface area contributed by atoms with E-state index in [2.05, 4.69) is 14.9 Å². The second kappa shape index (κ2) is 7.36. The summed E-state index contributed by atoms with van der Waals surface area (Å²) in [4.78, 5) is 25.1. The number of aryl methyl sites for hydroxylation is 1. The van der Waals surface area contributed by atoms with Crippen molar-refractivity contribution >= 4 is 34.9 Å². The Morgan fingerprint density at radius 2 is 1.92 bits per heavy atom. The molecule has 0 unspecified atom stereocenters. The minimum atomic E-state index is 0.0169. The van der Waals surface area contributed by atoms with Gasteiger partial charge in [0.1, 0.15) is 5.82 Å². The van der Waals surface area contributed by atoms with Crippen LogP contribution in [-0.4, -0.2) is 47.0 Å². The Bertz CT molecular complexity index is 753. The molecule has 0 radical (unpaired) electrons. The predicted octanol–water partition coefficient (Wildman–Crippen LogP) is 3.44. The second-order valence-electron chi connectivity index (χ2n) is 5.84. The van der Waals surface area contributed by atoms with Crippen molar-refractivity contribution in [1.82, 2.24) is 14.9 Å². The van der Waals surface area contributed by atoms with Crippen molar-refractivity contribution in [2.24, 2.45) is 0 Å². The number of halogens is 2. The van der Waals surface area contributed by atoms with Crippen LogP contribution in [0, 0.1) is 6.92 Å². The lowest BCUT2D eigenvalue weighted by molar-refractivity contribution is 0.0766. The third-order valence-corrected chi connectivity index (χ3v) is 4.48. The zero-order valence-electron chi connectivity index (χ0n) is 13.4. The minimum absolute atomic E-state index is 0.0169. The first-order valence-corrected chi connectivity index (χ1v) is 8.57. The van der Waals surface area contributed by atoms with Crippen LogP contribution in [0.2, 0.25) is 10.0 Å². The molecule has 24 heavy (non-hydrogen) atoms. The predicted molar refractivity (Wildman–Crippen MR) is 96.0 cm³/mol. The van der Waals surface area contributed by atoms with Gasteiger partial charge in [-0.05, 0) is 31.0 Å². The van der Waals surface area contributed by atoms with Crippen LogP contribution in [0.1, 0.15) is 22.3 Å². The van der Waals surface area contributed by atoms with Gasteiger partial charge in [0.2, 0.25) is 0 Å². The Hall–Kier alpha value is -1.85. The third kappa shape index (κ3) is 3.79. The molecular formula is C17H18Cl2N4O. The SMILES string of the molecule is Cc1cncc(C(=O)N2CCCN(c3ncc(Cl)cc3Cl)CC2)c1. The molecule has 1 aliphatic rings. The zero-order chi connectivity index (χ0) is 17.1. The summed E-state index contributed by atoms with van der Waals surface area (Å²) in [6.45, 7) is 4.73. The maximum atomic E-state index is 12.7. The maximum Gasteiger partial charge on any atom is 0.255 e. The Morgan fingerprint density at radius 1 is 1.08 bits per heavy atom. The number of carbonyl (C=O) groups is 1. The van der Waals surface area contributed by atoms with Gasteiger partial charge in [-0.1, -0.05) is 23.2 Å². The molecule has 2 aromatic rings. The smallest absolute Gasteiger partial charge is 0.255 e. The van der Waals surface area contributed by atoms with Crippen LogP contribution in [0.15, 0.2) is 30.7 Å². The normalized spacial score (nSPS) is 15.3. The number of amides is 1. The van der Waals surface area contributed by atoms with Crippen LogP contribution in [0.5, 0.6) is 0 Å². The van der Waals surface area contributed by atoms with Crippen LogP contribution in [0.3, 0.4) is 0 Å². The summed E-state index contributed by atoms with van der Waals surface area (Å²) in [5.74, 6) is 0.732. The molecule has 0 atom stereocenters. The van der Waals surface area contributed by atoms with Crippen molar-refractivity contribution in [3.63, 3.8) is 0 Å². The monoisotopic (exact) mass is 364 g/mol. The van der Waals surface area contributed by atoms with Crippen LogP contribution in [-0.2, 0) is 0 Å².